The fraction of sp³-hybridized carbons (Fsp3) is 0.600. The molecule has 0 amide bonds. The summed E-state index contributed by atoms with van der Waals surface area (Å²) in [7, 11) is 3.91. The molecule has 3 aliphatic rings. The first kappa shape index (κ1) is 21.5. The van der Waals surface area contributed by atoms with Crippen molar-refractivity contribution in [2.24, 2.45) is 0 Å². The average molecular weight is 437 g/mol. The third kappa shape index (κ3) is 4.55. The third-order valence-electron chi connectivity index (χ3n) is 7.17. The van der Waals surface area contributed by atoms with Crippen molar-refractivity contribution in [1.29, 1.82) is 0 Å². The summed E-state index contributed by atoms with van der Waals surface area (Å²) in [5.74, 6) is 2.56. The number of hydrogen-bond donors (Lipinski definition) is 0. The summed E-state index contributed by atoms with van der Waals surface area (Å²) < 4.78 is 5.68. The zero-order valence-electron chi connectivity index (χ0n) is 19.6. The lowest BCUT2D eigenvalue weighted by Gasteiger charge is -2.34. The molecular formula is C25H36N6O. The Hall–Kier alpha value is -2.38. The van der Waals surface area contributed by atoms with E-state index >= 15 is 0 Å². The van der Waals surface area contributed by atoms with Crippen LogP contribution < -0.4 is 14.5 Å². The summed E-state index contributed by atoms with van der Waals surface area (Å²) in [6.45, 7) is 10.1. The quantitative estimate of drug-likeness (QED) is 0.661. The monoisotopic (exact) mass is 436 g/mol. The second-order valence-electron chi connectivity index (χ2n) is 9.34. The van der Waals surface area contributed by atoms with Gasteiger partial charge in [-0.3, -0.25) is 0 Å². The van der Waals surface area contributed by atoms with Crippen LogP contribution in [0.2, 0.25) is 0 Å². The molecule has 0 spiro atoms. The van der Waals surface area contributed by atoms with E-state index in [1.54, 1.807) is 7.11 Å². The molecule has 3 aliphatic heterocycles. The van der Waals surface area contributed by atoms with Crippen molar-refractivity contribution >= 4 is 11.5 Å². The molecule has 0 aliphatic carbocycles. The number of nitrogens with zero attached hydrogens (tertiary/aromatic N) is 6. The van der Waals surface area contributed by atoms with Crippen molar-refractivity contribution in [3.05, 3.63) is 29.8 Å². The fourth-order valence-corrected chi connectivity index (χ4v) is 5.18. The second kappa shape index (κ2) is 9.63. The minimum Gasteiger partial charge on any atom is -0.481 e. The number of methoxy groups -OCH3 is 1. The van der Waals surface area contributed by atoms with Crippen LogP contribution in [-0.2, 0) is 6.42 Å². The van der Waals surface area contributed by atoms with Crippen LogP contribution in [0.5, 0.6) is 5.88 Å². The Morgan fingerprint density at radius 1 is 0.875 bits per heavy atom. The van der Waals surface area contributed by atoms with E-state index < -0.39 is 0 Å². The highest BCUT2D eigenvalue weighted by Gasteiger charge is 2.27. The number of ether oxygens (including phenoxy) is 1. The van der Waals surface area contributed by atoms with Crippen LogP contribution in [0.15, 0.2) is 24.3 Å². The van der Waals surface area contributed by atoms with Crippen LogP contribution in [0.3, 0.4) is 0 Å². The number of hydrogen-bond acceptors (Lipinski definition) is 7. The molecule has 5 rings (SSSR count). The molecule has 0 radical (unpaired) electrons. The van der Waals surface area contributed by atoms with Crippen molar-refractivity contribution in [3.8, 4) is 17.3 Å². The number of benzene rings is 1. The number of likely N-dealkylation sites (N-methyl/N-ethyl adjacent to an activating group) is 1. The van der Waals surface area contributed by atoms with E-state index in [2.05, 4.69) is 50.9 Å². The average Bonchev–Trinajstić information content (AvgIpc) is 3.49. The molecule has 1 aromatic heterocycles. The predicted molar refractivity (Wildman–Crippen MR) is 130 cm³/mol. The Labute approximate surface area is 192 Å². The lowest BCUT2D eigenvalue weighted by molar-refractivity contribution is 0.313. The number of aromatic nitrogens is 2. The fourth-order valence-electron chi connectivity index (χ4n) is 5.18. The molecule has 2 saturated heterocycles. The Morgan fingerprint density at radius 2 is 1.62 bits per heavy atom. The highest BCUT2D eigenvalue weighted by Crippen LogP contribution is 2.35. The molecular weight excluding hydrogens is 400 g/mol. The normalized spacial score (nSPS) is 19.6. The van der Waals surface area contributed by atoms with E-state index in [0.29, 0.717) is 0 Å². The van der Waals surface area contributed by atoms with Gasteiger partial charge in [0.05, 0.1) is 12.7 Å². The van der Waals surface area contributed by atoms with E-state index in [1.807, 2.05) is 0 Å². The highest BCUT2D eigenvalue weighted by molar-refractivity contribution is 5.66. The number of fused-ring (bicyclic) bond motifs is 1. The van der Waals surface area contributed by atoms with E-state index in [0.717, 1.165) is 74.3 Å². The summed E-state index contributed by atoms with van der Waals surface area (Å²) >= 11 is 0. The molecule has 2 fully saturated rings. The van der Waals surface area contributed by atoms with Crippen molar-refractivity contribution < 1.29 is 4.74 Å². The largest absolute Gasteiger partial charge is 0.481 e. The molecule has 0 atom stereocenters. The van der Waals surface area contributed by atoms with Gasteiger partial charge in [-0.05, 0) is 76.6 Å². The topological polar surface area (TPSA) is 48.0 Å². The van der Waals surface area contributed by atoms with E-state index in [-0.39, 0.29) is 0 Å². The predicted octanol–water partition coefficient (Wildman–Crippen LogP) is 2.75. The van der Waals surface area contributed by atoms with Gasteiger partial charge in [0.2, 0.25) is 5.88 Å². The summed E-state index contributed by atoms with van der Waals surface area (Å²) in [4.78, 5) is 19.6. The Balaban J connectivity index is 1.31. The zero-order valence-corrected chi connectivity index (χ0v) is 19.6. The Kier molecular flexibility index (Phi) is 6.46. The zero-order chi connectivity index (χ0) is 21.9. The molecule has 0 saturated carbocycles. The molecule has 7 nitrogen and oxygen atoms in total. The molecule has 0 bridgehead atoms. The van der Waals surface area contributed by atoms with Gasteiger partial charge in [-0.25, -0.2) is 4.98 Å². The molecule has 1 aromatic carbocycles. The molecule has 0 unspecified atom stereocenters. The van der Waals surface area contributed by atoms with E-state index in [4.69, 9.17) is 14.7 Å². The first-order valence-corrected chi connectivity index (χ1v) is 12.2. The maximum Gasteiger partial charge on any atom is 0.222 e. The van der Waals surface area contributed by atoms with Gasteiger partial charge < -0.3 is 24.3 Å². The molecule has 4 heterocycles. The molecule has 7 heteroatoms. The smallest absolute Gasteiger partial charge is 0.222 e. The van der Waals surface area contributed by atoms with E-state index in [1.165, 1.54) is 44.6 Å². The maximum atomic E-state index is 5.68. The molecule has 32 heavy (non-hydrogen) atoms. The van der Waals surface area contributed by atoms with Gasteiger partial charge in [0.1, 0.15) is 5.82 Å². The van der Waals surface area contributed by atoms with Gasteiger partial charge in [0.25, 0.3) is 0 Å². The minimum absolute atomic E-state index is 0.732. The first-order chi connectivity index (χ1) is 15.7. The van der Waals surface area contributed by atoms with Crippen molar-refractivity contribution in [2.45, 2.75) is 25.7 Å². The Morgan fingerprint density at radius 3 is 2.34 bits per heavy atom. The van der Waals surface area contributed by atoms with Crippen molar-refractivity contribution in [2.75, 3.05) is 82.9 Å². The van der Waals surface area contributed by atoms with Crippen molar-refractivity contribution in [1.82, 2.24) is 19.8 Å². The molecule has 0 N–H and O–H groups in total. The number of likely N-dealkylation sites (tertiary alicyclic amines) is 1. The van der Waals surface area contributed by atoms with Gasteiger partial charge >= 0.3 is 0 Å². The minimum atomic E-state index is 0.732. The molecule has 172 valence electrons. The lowest BCUT2D eigenvalue weighted by Crippen LogP contribution is -2.44. The highest BCUT2D eigenvalue weighted by atomic mass is 16.5. The summed E-state index contributed by atoms with van der Waals surface area (Å²) in [6, 6.07) is 8.72. The maximum absolute atomic E-state index is 5.68. The van der Waals surface area contributed by atoms with Gasteiger partial charge in [0.15, 0.2) is 5.82 Å². The number of anilines is 2. The number of piperazine rings is 1. The summed E-state index contributed by atoms with van der Waals surface area (Å²) in [6.07, 6.45) is 4.85. The van der Waals surface area contributed by atoms with Crippen molar-refractivity contribution in [3.63, 3.8) is 0 Å². The second-order valence-corrected chi connectivity index (χ2v) is 9.34. The van der Waals surface area contributed by atoms with Crippen LogP contribution in [0, 0.1) is 0 Å². The first-order valence-electron chi connectivity index (χ1n) is 12.2. The van der Waals surface area contributed by atoms with Gasteiger partial charge in [-0.1, -0.05) is 0 Å². The SMILES string of the molecule is COc1nc(-c2ccc(N3CCN(C)CC3)cc2)nc2c1CCN2CCCN1CCCC1. The Bertz CT molecular complexity index is 903. The van der Waals surface area contributed by atoms with Crippen LogP contribution in [0.25, 0.3) is 11.4 Å². The van der Waals surface area contributed by atoms with E-state index in [9.17, 15) is 0 Å². The van der Waals surface area contributed by atoms with Crippen LogP contribution >= 0.6 is 0 Å². The standard InChI is InChI=1S/C25H36N6O/c1-28-16-18-30(19-17-28)21-8-6-20(7-9-21)23-26-24-22(25(27-23)32-2)10-15-31(24)14-5-13-29-11-3-4-12-29/h6-9H,3-5,10-19H2,1-2H3. The third-order valence-corrected chi connectivity index (χ3v) is 7.17. The van der Waals surface area contributed by atoms with Crippen LogP contribution in [-0.4, -0.2) is 92.8 Å². The lowest BCUT2D eigenvalue weighted by atomic mass is 10.1. The number of rotatable bonds is 7. The van der Waals surface area contributed by atoms with Crippen LogP contribution in [0.1, 0.15) is 24.8 Å². The van der Waals surface area contributed by atoms with Gasteiger partial charge in [-0.2, -0.15) is 4.98 Å². The molecule has 2 aromatic rings. The van der Waals surface area contributed by atoms with Gasteiger partial charge in [-0.15, -0.1) is 0 Å². The summed E-state index contributed by atoms with van der Waals surface area (Å²) in [5, 5.41) is 0. The van der Waals surface area contributed by atoms with Crippen LogP contribution in [0.4, 0.5) is 11.5 Å². The van der Waals surface area contributed by atoms with Gasteiger partial charge in [0, 0.05) is 50.5 Å². The summed E-state index contributed by atoms with van der Waals surface area (Å²) in [5.41, 5.74) is 3.48.